The lowest BCUT2D eigenvalue weighted by molar-refractivity contribution is 0.0663. The summed E-state index contributed by atoms with van der Waals surface area (Å²) in [5.74, 6) is -0.156. The minimum absolute atomic E-state index is 0.272. The van der Waals surface area contributed by atoms with Crippen molar-refractivity contribution in [2.75, 3.05) is 27.2 Å². The number of nitrogens with zero attached hydrogens (tertiary/aromatic N) is 1. The molecule has 5 nitrogen and oxygen atoms in total. The van der Waals surface area contributed by atoms with E-state index in [0.29, 0.717) is 13.0 Å². The third kappa shape index (κ3) is 6.88. The highest BCUT2D eigenvalue weighted by Gasteiger charge is 2.31. The Morgan fingerprint density at radius 1 is 0.816 bits per heavy atom. The minimum atomic E-state index is -1.05. The number of benzene rings is 4. The molecule has 196 valence electrons. The second-order valence-corrected chi connectivity index (χ2v) is 9.84. The van der Waals surface area contributed by atoms with Crippen molar-refractivity contribution in [1.29, 1.82) is 0 Å². The summed E-state index contributed by atoms with van der Waals surface area (Å²) in [5.41, 5.74) is 4.09. The monoisotopic (exact) mass is 509 g/mol. The van der Waals surface area contributed by atoms with Gasteiger partial charge in [0.05, 0.1) is 12.2 Å². The van der Waals surface area contributed by atoms with Gasteiger partial charge in [-0.05, 0) is 85.6 Å². The molecule has 5 heteroatoms. The van der Waals surface area contributed by atoms with Crippen LogP contribution in [0.15, 0.2) is 103 Å². The highest BCUT2D eigenvalue weighted by atomic mass is 16.5. The molecule has 2 N–H and O–H groups in total. The summed E-state index contributed by atoms with van der Waals surface area (Å²) in [6, 6.07) is 32.7. The fourth-order valence-electron chi connectivity index (χ4n) is 4.64. The van der Waals surface area contributed by atoms with E-state index >= 15 is 0 Å². The molecule has 0 bridgehead atoms. The molecule has 0 amide bonds. The summed E-state index contributed by atoms with van der Waals surface area (Å²) in [4.78, 5) is 13.2. The molecule has 1 unspecified atom stereocenters. The molecule has 0 fully saturated rings. The number of carbonyl (C=O) groups is 1. The zero-order chi connectivity index (χ0) is 27.0. The summed E-state index contributed by atoms with van der Waals surface area (Å²) in [6.07, 6.45) is 2.24. The van der Waals surface area contributed by atoms with Crippen molar-refractivity contribution >= 4 is 5.97 Å². The zero-order valence-electron chi connectivity index (χ0n) is 22.0. The number of hydrogen-bond donors (Lipinski definition) is 2. The number of rotatable bonds is 12. The standard InChI is InChI=1S/C33H35NO4/c1-34(2)22-7-21-33(37,29-9-4-3-5-10-29)30-11-6-8-25(24-30)20-23-38-31-18-16-27(17-19-31)26-12-14-28(15-13-26)32(35)36/h3-6,8-19,24,37H,7,20-23H2,1-2H3,(H,35,36). The normalized spacial score (nSPS) is 12.7. The molecule has 0 saturated carbocycles. The lowest BCUT2D eigenvalue weighted by atomic mass is 9.82. The number of carboxylic acid groups (broad SMARTS) is 1. The Morgan fingerprint density at radius 3 is 2.08 bits per heavy atom. The van der Waals surface area contributed by atoms with E-state index in [4.69, 9.17) is 9.84 Å². The van der Waals surface area contributed by atoms with Gasteiger partial charge in [-0.15, -0.1) is 0 Å². The van der Waals surface area contributed by atoms with Gasteiger partial charge < -0.3 is 19.8 Å². The predicted octanol–water partition coefficient (Wildman–Crippen LogP) is 6.25. The molecular formula is C33H35NO4. The molecule has 0 spiro atoms. The largest absolute Gasteiger partial charge is 0.493 e. The fraction of sp³-hybridized carbons (Fsp3) is 0.242. The van der Waals surface area contributed by atoms with Crippen LogP contribution in [0.4, 0.5) is 0 Å². The smallest absolute Gasteiger partial charge is 0.335 e. The predicted molar refractivity (Wildman–Crippen MR) is 152 cm³/mol. The van der Waals surface area contributed by atoms with Gasteiger partial charge in [-0.1, -0.05) is 78.9 Å². The van der Waals surface area contributed by atoms with Crippen LogP contribution < -0.4 is 4.74 Å². The van der Waals surface area contributed by atoms with Crippen molar-refractivity contribution in [3.8, 4) is 16.9 Å². The second kappa shape index (κ2) is 12.5. The average molecular weight is 510 g/mol. The number of ether oxygens (including phenoxy) is 1. The van der Waals surface area contributed by atoms with Gasteiger partial charge in [0.25, 0.3) is 0 Å². The van der Waals surface area contributed by atoms with Gasteiger partial charge in [0.1, 0.15) is 11.4 Å². The molecule has 0 aliphatic carbocycles. The van der Waals surface area contributed by atoms with Crippen molar-refractivity contribution in [2.24, 2.45) is 0 Å². The van der Waals surface area contributed by atoms with Crippen molar-refractivity contribution in [3.05, 3.63) is 125 Å². The van der Waals surface area contributed by atoms with Gasteiger partial charge in [-0.2, -0.15) is 0 Å². The second-order valence-electron chi connectivity index (χ2n) is 9.84. The van der Waals surface area contributed by atoms with Crippen LogP contribution in [0.1, 0.15) is 39.9 Å². The van der Waals surface area contributed by atoms with E-state index in [1.807, 2.05) is 93.0 Å². The van der Waals surface area contributed by atoms with Crippen LogP contribution in [-0.2, 0) is 12.0 Å². The summed E-state index contributed by atoms with van der Waals surface area (Å²) >= 11 is 0. The van der Waals surface area contributed by atoms with E-state index in [-0.39, 0.29) is 5.56 Å². The number of aromatic carboxylic acids is 1. The highest BCUT2D eigenvalue weighted by Crippen LogP contribution is 2.34. The molecule has 0 heterocycles. The molecule has 0 aliphatic heterocycles. The topological polar surface area (TPSA) is 70.0 Å². The van der Waals surface area contributed by atoms with Crippen LogP contribution >= 0.6 is 0 Å². The van der Waals surface area contributed by atoms with Crippen molar-refractivity contribution < 1.29 is 19.7 Å². The first-order chi connectivity index (χ1) is 18.3. The van der Waals surface area contributed by atoms with Gasteiger partial charge in [0, 0.05) is 6.42 Å². The summed E-state index contributed by atoms with van der Waals surface area (Å²) in [5, 5.41) is 21.0. The summed E-state index contributed by atoms with van der Waals surface area (Å²) < 4.78 is 6.01. The van der Waals surface area contributed by atoms with Gasteiger partial charge in [0.2, 0.25) is 0 Å². The molecule has 38 heavy (non-hydrogen) atoms. The van der Waals surface area contributed by atoms with E-state index in [1.54, 1.807) is 12.1 Å². The van der Waals surface area contributed by atoms with Crippen LogP contribution in [0, 0.1) is 0 Å². The zero-order valence-corrected chi connectivity index (χ0v) is 22.0. The first-order valence-electron chi connectivity index (χ1n) is 12.9. The highest BCUT2D eigenvalue weighted by molar-refractivity contribution is 5.88. The van der Waals surface area contributed by atoms with Crippen LogP contribution in [0.2, 0.25) is 0 Å². The minimum Gasteiger partial charge on any atom is -0.493 e. The van der Waals surface area contributed by atoms with Gasteiger partial charge >= 0.3 is 5.97 Å². The Morgan fingerprint density at radius 2 is 1.45 bits per heavy atom. The maximum absolute atomic E-state index is 11.9. The summed E-state index contributed by atoms with van der Waals surface area (Å²) in [6.45, 7) is 1.43. The molecule has 0 saturated heterocycles. The van der Waals surface area contributed by atoms with E-state index < -0.39 is 11.6 Å². The van der Waals surface area contributed by atoms with Crippen LogP contribution in [0.3, 0.4) is 0 Å². The third-order valence-electron chi connectivity index (χ3n) is 6.78. The van der Waals surface area contributed by atoms with E-state index in [1.165, 1.54) is 0 Å². The first-order valence-corrected chi connectivity index (χ1v) is 12.9. The molecule has 1 atom stereocenters. The Labute approximate surface area is 225 Å². The number of carboxylic acids is 1. The SMILES string of the molecule is CN(C)CCCC(O)(c1ccccc1)c1cccc(CCOc2ccc(-c3ccc(C(=O)O)cc3)cc2)c1. The average Bonchev–Trinajstić information content (AvgIpc) is 2.94. The van der Waals surface area contributed by atoms with Crippen molar-refractivity contribution in [3.63, 3.8) is 0 Å². The Kier molecular flexibility index (Phi) is 8.95. The van der Waals surface area contributed by atoms with Crippen LogP contribution in [-0.4, -0.2) is 48.3 Å². The van der Waals surface area contributed by atoms with E-state index in [0.717, 1.165) is 53.0 Å². The molecule has 4 aromatic carbocycles. The Hall–Kier alpha value is -3.93. The first kappa shape index (κ1) is 27.1. The van der Waals surface area contributed by atoms with Crippen LogP contribution in [0.25, 0.3) is 11.1 Å². The van der Waals surface area contributed by atoms with Gasteiger partial charge in [-0.3, -0.25) is 0 Å². The van der Waals surface area contributed by atoms with Crippen LogP contribution in [0.5, 0.6) is 5.75 Å². The third-order valence-corrected chi connectivity index (χ3v) is 6.78. The maximum Gasteiger partial charge on any atom is 0.335 e. The maximum atomic E-state index is 11.9. The van der Waals surface area contributed by atoms with Gasteiger partial charge in [-0.25, -0.2) is 4.79 Å². The van der Waals surface area contributed by atoms with Crippen molar-refractivity contribution in [1.82, 2.24) is 4.90 Å². The molecule has 4 aromatic rings. The lowest BCUT2D eigenvalue weighted by Crippen LogP contribution is -2.29. The molecule has 0 radical (unpaired) electrons. The molecule has 0 aliphatic rings. The Balaban J connectivity index is 1.40. The summed E-state index contributed by atoms with van der Waals surface area (Å²) in [7, 11) is 4.10. The van der Waals surface area contributed by atoms with Crippen molar-refractivity contribution in [2.45, 2.75) is 24.9 Å². The lowest BCUT2D eigenvalue weighted by Gasteiger charge is -2.30. The molecule has 0 aromatic heterocycles. The molecular weight excluding hydrogens is 474 g/mol. The molecule has 4 rings (SSSR count). The quantitative estimate of drug-likeness (QED) is 0.236. The number of aliphatic hydroxyl groups is 1. The van der Waals surface area contributed by atoms with E-state index in [9.17, 15) is 9.90 Å². The fourth-order valence-corrected chi connectivity index (χ4v) is 4.64. The van der Waals surface area contributed by atoms with Gasteiger partial charge in [0.15, 0.2) is 0 Å². The number of hydrogen-bond acceptors (Lipinski definition) is 4. The Bertz CT molecular complexity index is 1320. The van der Waals surface area contributed by atoms with E-state index in [2.05, 4.69) is 17.0 Å².